The number of aromatic hydroxyl groups is 1. The third-order valence-corrected chi connectivity index (χ3v) is 5.51. The standard InChI is InChI=1S/C20H19ClN2O4/c21-16-7-6-15(10-17(16)24)18(25)22-8-9-23-19(26)27-13-20(23,12-22)11-14-4-2-1-3-5-14/h1-7,10,24H,8-9,11-13H2. The Morgan fingerprint density at radius 3 is 2.70 bits per heavy atom. The lowest BCUT2D eigenvalue weighted by atomic mass is 9.88. The molecule has 0 spiro atoms. The Bertz CT molecular complexity index is 889. The van der Waals surface area contributed by atoms with Crippen LogP contribution in [0.4, 0.5) is 4.79 Å². The molecule has 27 heavy (non-hydrogen) atoms. The molecule has 1 N–H and O–H groups in total. The van der Waals surface area contributed by atoms with Gasteiger partial charge in [-0.1, -0.05) is 41.9 Å². The predicted molar refractivity (Wildman–Crippen MR) is 100.0 cm³/mol. The smallest absolute Gasteiger partial charge is 0.410 e. The first kappa shape index (κ1) is 17.7. The highest BCUT2D eigenvalue weighted by Crippen LogP contribution is 2.33. The number of phenolic OH excluding ortho intramolecular Hbond substituents is 1. The molecular weight excluding hydrogens is 368 g/mol. The van der Waals surface area contributed by atoms with Gasteiger partial charge in [0, 0.05) is 31.6 Å². The van der Waals surface area contributed by atoms with Crippen molar-refractivity contribution in [2.24, 2.45) is 0 Å². The highest BCUT2D eigenvalue weighted by Gasteiger charge is 2.51. The molecule has 0 saturated carbocycles. The van der Waals surface area contributed by atoms with Gasteiger partial charge in [0.15, 0.2) is 0 Å². The van der Waals surface area contributed by atoms with E-state index in [1.54, 1.807) is 15.9 Å². The number of hydrogen-bond donors (Lipinski definition) is 1. The van der Waals surface area contributed by atoms with Gasteiger partial charge in [0.2, 0.25) is 0 Å². The number of ether oxygens (including phenoxy) is 1. The van der Waals surface area contributed by atoms with Gasteiger partial charge in [0.25, 0.3) is 5.91 Å². The molecule has 2 aliphatic heterocycles. The van der Waals surface area contributed by atoms with Gasteiger partial charge in [-0.3, -0.25) is 9.69 Å². The fraction of sp³-hybridized carbons (Fsp3) is 0.300. The van der Waals surface area contributed by atoms with Gasteiger partial charge in [0.1, 0.15) is 17.9 Å². The van der Waals surface area contributed by atoms with Crippen LogP contribution in [0.5, 0.6) is 5.75 Å². The van der Waals surface area contributed by atoms with Gasteiger partial charge < -0.3 is 14.7 Å². The second-order valence-electron chi connectivity index (χ2n) is 6.99. The van der Waals surface area contributed by atoms with Crippen LogP contribution in [0.3, 0.4) is 0 Å². The molecule has 1 unspecified atom stereocenters. The van der Waals surface area contributed by atoms with E-state index in [1.165, 1.54) is 12.1 Å². The van der Waals surface area contributed by atoms with E-state index in [0.29, 0.717) is 31.6 Å². The van der Waals surface area contributed by atoms with Crippen LogP contribution in [0.15, 0.2) is 48.5 Å². The largest absolute Gasteiger partial charge is 0.506 e. The Balaban J connectivity index is 1.60. The normalized spacial score (nSPS) is 21.7. The third-order valence-electron chi connectivity index (χ3n) is 5.19. The van der Waals surface area contributed by atoms with E-state index >= 15 is 0 Å². The Kier molecular flexibility index (Phi) is 4.44. The van der Waals surface area contributed by atoms with Crippen molar-refractivity contribution in [2.45, 2.75) is 12.0 Å². The minimum absolute atomic E-state index is 0.125. The molecule has 0 aromatic heterocycles. The molecule has 0 radical (unpaired) electrons. The van der Waals surface area contributed by atoms with Crippen LogP contribution >= 0.6 is 11.6 Å². The van der Waals surface area contributed by atoms with E-state index < -0.39 is 5.54 Å². The summed E-state index contributed by atoms with van der Waals surface area (Å²) in [7, 11) is 0. The number of fused-ring (bicyclic) bond motifs is 1. The number of carbonyl (C=O) groups excluding carboxylic acids is 2. The number of benzene rings is 2. The molecule has 2 fully saturated rings. The molecule has 0 aliphatic carbocycles. The second-order valence-corrected chi connectivity index (χ2v) is 7.39. The summed E-state index contributed by atoms with van der Waals surface area (Å²) < 4.78 is 5.34. The molecule has 2 aromatic carbocycles. The topological polar surface area (TPSA) is 70.1 Å². The summed E-state index contributed by atoms with van der Waals surface area (Å²) in [4.78, 5) is 28.6. The van der Waals surface area contributed by atoms with E-state index in [2.05, 4.69) is 0 Å². The average molecular weight is 387 g/mol. The highest BCUT2D eigenvalue weighted by molar-refractivity contribution is 6.32. The van der Waals surface area contributed by atoms with Gasteiger partial charge in [0.05, 0.1) is 5.02 Å². The first-order valence-electron chi connectivity index (χ1n) is 8.75. The van der Waals surface area contributed by atoms with E-state index in [1.807, 2.05) is 30.3 Å². The fourth-order valence-electron chi connectivity index (χ4n) is 3.84. The SMILES string of the molecule is O=C(c1ccc(Cl)c(O)c1)N1CCN2C(=O)OCC2(Cc2ccccc2)C1. The van der Waals surface area contributed by atoms with Crippen LogP contribution in [0, 0.1) is 0 Å². The molecule has 7 heteroatoms. The summed E-state index contributed by atoms with van der Waals surface area (Å²) in [5.41, 5.74) is 0.866. The van der Waals surface area contributed by atoms with Gasteiger partial charge in [-0.05, 0) is 23.8 Å². The molecule has 2 heterocycles. The van der Waals surface area contributed by atoms with Crippen molar-refractivity contribution in [2.75, 3.05) is 26.2 Å². The minimum atomic E-state index is -0.583. The summed E-state index contributed by atoms with van der Waals surface area (Å²) >= 11 is 5.84. The Labute approximate surface area is 161 Å². The zero-order valence-electron chi connectivity index (χ0n) is 14.6. The molecule has 140 valence electrons. The van der Waals surface area contributed by atoms with Crippen LogP contribution in [-0.4, -0.2) is 58.7 Å². The lowest BCUT2D eigenvalue weighted by molar-refractivity contribution is 0.0375. The Morgan fingerprint density at radius 1 is 1.19 bits per heavy atom. The van der Waals surface area contributed by atoms with Crippen LogP contribution in [-0.2, 0) is 11.2 Å². The number of rotatable bonds is 3. The predicted octanol–water partition coefficient (Wildman–Crippen LogP) is 2.94. The Hall–Kier alpha value is -2.73. The second kappa shape index (κ2) is 6.78. The van der Waals surface area contributed by atoms with E-state index in [-0.39, 0.29) is 29.4 Å². The van der Waals surface area contributed by atoms with Gasteiger partial charge in [-0.2, -0.15) is 0 Å². The van der Waals surface area contributed by atoms with Crippen LogP contribution in [0.2, 0.25) is 5.02 Å². The quantitative estimate of drug-likeness (QED) is 0.880. The summed E-state index contributed by atoms with van der Waals surface area (Å²) in [6.45, 7) is 1.44. The van der Waals surface area contributed by atoms with Crippen molar-refractivity contribution in [3.05, 3.63) is 64.7 Å². The Morgan fingerprint density at radius 2 is 1.96 bits per heavy atom. The van der Waals surface area contributed by atoms with Crippen LogP contribution in [0.25, 0.3) is 0 Å². The fourth-order valence-corrected chi connectivity index (χ4v) is 3.96. The van der Waals surface area contributed by atoms with Gasteiger partial charge in [-0.15, -0.1) is 0 Å². The van der Waals surface area contributed by atoms with Crippen LogP contribution in [0.1, 0.15) is 15.9 Å². The molecule has 6 nitrogen and oxygen atoms in total. The number of nitrogens with zero attached hydrogens (tertiary/aromatic N) is 2. The molecule has 0 bridgehead atoms. The lowest BCUT2D eigenvalue weighted by Gasteiger charge is -2.44. The number of hydrogen-bond acceptors (Lipinski definition) is 4. The van der Waals surface area contributed by atoms with Crippen molar-refractivity contribution in [3.8, 4) is 5.75 Å². The highest BCUT2D eigenvalue weighted by atomic mass is 35.5. The lowest BCUT2D eigenvalue weighted by Crippen LogP contribution is -2.63. The van der Waals surface area contributed by atoms with Gasteiger partial charge >= 0.3 is 6.09 Å². The summed E-state index contributed by atoms with van der Waals surface area (Å²) in [6, 6.07) is 14.3. The van der Waals surface area contributed by atoms with Crippen LogP contribution < -0.4 is 0 Å². The zero-order valence-corrected chi connectivity index (χ0v) is 15.4. The van der Waals surface area contributed by atoms with Crippen molar-refractivity contribution in [1.82, 2.24) is 9.80 Å². The monoisotopic (exact) mass is 386 g/mol. The van der Waals surface area contributed by atoms with Gasteiger partial charge in [-0.25, -0.2) is 4.79 Å². The first-order chi connectivity index (χ1) is 13.0. The number of phenols is 1. The zero-order chi connectivity index (χ0) is 19.0. The maximum absolute atomic E-state index is 13.0. The van der Waals surface area contributed by atoms with E-state index in [4.69, 9.17) is 16.3 Å². The number of cyclic esters (lactones) is 1. The van der Waals surface area contributed by atoms with Crippen molar-refractivity contribution in [3.63, 3.8) is 0 Å². The van der Waals surface area contributed by atoms with Crippen molar-refractivity contribution < 1.29 is 19.4 Å². The maximum Gasteiger partial charge on any atom is 0.410 e. The molecule has 2 saturated heterocycles. The summed E-state index contributed by atoms with van der Waals surface area (Å²) in [6.07, 6.45) is 0.275. The summed E-state index contributed by atoms with van der Waals surface area (Å²) in [5, 5.41) is 10.0. The number of piperazine rings is 1. The van der Waals surface area contributed by atoms with E-state index in [0.717, 1.165) is 5.56 Å². The molecular formula is C20H19ClN2O4. The van der Waals surface area contributed by atoms with Crippen molar-refractivity contribution >= 4 is 23.6 Å². The molecule has 2 aromatic rings. The molecule has 2 amide bonds. The number of halogens is 1. The van der Waals surface area contributed by atoms with Crippen molar-refractivity contribution in [1.29, 1.82) is 0 Å². The molecule has 4 rings (SSSR count). The number of carbonyl (C=O) groups is 2. The summed E-state index contributed by atoms with van der Waals surface area (Å²) in [5.74, 6) is -0.326. The maximum atomic E-state index is 13.0. The first-order valence-corrected chi connectivity index (χ1v) is 9.12. The number of amides is 2. The van der Waals surface area contributed by atoms with E-state index in [9.17, 15) is 14.7 Å². The molecule has 1 atom stereocenters. The minimum Gasteiger partial charge on any atom is -0.506 e. The molecule has 2 aliphatic rings. The third kappa shape index (κ3) is 3.21. The average Bonchev–Trinajstić information content (AvgIpc) is 3.00.